The number of aromatic nitrogens is 1. The number of carbonyl (C=O) groups is 1. The van der Waals surface area contributed by atoms with E-state index in [9.17, 15) is 4.79 Å². The van der Waals surface area contributed by atoms with Crippen LogP contribution in [-0.2, 0) is 6.61 Å². The first-order chi connectivity index (χ1) is 11.7. The quantitative estimate of drug-likeness (QED) is 0.720. The van der Waals surface area contributed by atoms with Gasteiger partial charge < -0.3 is 14.2 Å². The Bertz CT molecular complexity index is 930. The molecule has 1 aliphatic rings. The van der Waals surface area contributed by atoms with Crippen molar-refractivity contribution >= 4 is 11.6 Å². The van der Waals surface area contributed by atoms with Gasteiger partial charge in [0, 0.05) is 12.7 Å². The zero-order valence-electron chi connectivity index (χ0n) is 13.4. The van der Waals surface area contributed by atoms with Crippen molar-refractivity contribution in [1.29, 1.82) is 0 Å². The standard InChI is InChI=1S/C19H16N2O3/c1-12-7-3-5-9-15(12)21(2)19(22)17-14-11-23-16-10-6-4-8-13(16)18(14)24-20-17/h3-10H,11H2,1-2H3. The van der Waals surface area contributed by atoms with Crippen LogP contribution in [0.1, 0.15) is 21.6 Å². The van der Waals surface area contributed by atoms with Crippen molar-refractivity contribution in [3.8, 4) is 17.1 Å². The summed E-state index contributed by atoms with van der Waals surface area (Å²) in [5, 5.41) is 4.03. The number of nitrogens with zero attached hydrogens (tertiary/aromatic N) is 2. The summed E-state index contributed by atoms with van der Waals surface area (Å²) < 4.78 is 11.2. The molecule has 4 rings (SSSR count). The Morgan fingerprint density at radius 3 is 2.71 bits per heavy atom. The van der Waals surface area contributed by atoms with Gasteiger partial charge in [-0.3, -0.25) is 4.79 Å². The fourth-order valence-corrected chi connectivity index (χ4v) is 2.96. The topological polar surface area (TPSA) is 55.6 Å². The average molecular weight is 320 g/mol. The average Bonchev–Trinajstić information content (AvgIpc) is 3.05. The van der Waals surface area contributed by atoms with E-state index < -0.39 is 0 Å². The minimum Gasteiger partial charge on any atom is -0.488 e. The molecule has 0 radical (unpaired) electrons. The number of para-hydroxylation sites is 2. The Kier molecular flexibility index (Phi) is 3.34. The van der Waals surface area contributed by atoms with Crippen molar-refractivity contribution in [3.63, 3.8) is 0 Å². The Labute approximate surface area is 139 Å². The van der Waals surface area contributed by atoms with Crippen LogP contribution in [0.3, 0.4) is 0 Å². The molecule has 1 aromatic heterocycles. The fourth-order valence-electron chi connectivity index (χ4n) is 2.96. The van der Waals surface area contributed by atoms with Crippen molar-refractivity contribution in [2.24, 2.45) is 0 Å². The lowest BCUT2D eigenvalue weighted by Gasteiger charge is -2.20. The van der Waals surface area contributed by atoms with Gasteiger partial charge in [-0.2, -0.15) is 0 Å². The predicted molar refractivity (Wildman–Crippen MR) is 90.2 cm³/mol. The van der Waals surface area contributed by atoms with Crippen LogP contribution in [0.5, 0.6) is 5.75 Å². The number of aryl methyl sites for hydroxylation is 1. The van der Waals surface area contributed by atoms with E-state index in [2.05, 4.69) is 5.16 Å². The molecule has 5 heteroatoms. The minimum absolute atomic E-state index is 0.211. The van der Waals surface area contributed by atoms with Crippen molar-refractivity contribution in [3.05, 3.63) is 65.4 Å². The maximum Gasteiger partial charge on any atom is 0.280 e. The van der Waals surface area contributed by atoms with Crippen LogP contribution in [0, 0.1) is 6.92 Å². The predicted octanol–water partition coefficient (Wildman–Crippen LogP) is 3.82. The molecule has 0 N–H and O–H groups in total. The monoisotopic (exact) mass is 320 g/mol. The second kappa shape index (κ2) is 5.53. The van der Waals surface area contributed by atoms with Gasteiger partial charge in [0.05, 0.1) is 11.1 Å². The summed E-state index contributed by atoms with van der Waals surface area (Å²) in [6.45, 7) is 2.25. The number of rotatable bonds is 2. The number of ether oxygens (including phenoxy) is 1. The summed E-state index contributed by atoms with van der Waals surface area (Å²) in [6.07, 6.45) is 0. The molecule has 0 fully saturated rings. The van der Waals surface area contributed by atoms with Gasteiger partial charge in [-0.15, -0.1) is 0 Å². The first-order valence-corrected chi connectivity index (χ1v) is 7.71. The van der Waals surface area contributed by atoms with Gasteiger partial charge in [-0.05, 0) is 30.7 Å². The van der Waals surface area contributed by atoms with E-state index in [0.29, 0.717) is 17.0 Å². The Morgan fingerprint density at radius 2 is 1.88 bits per heavy atom. The van der Waals surface area contributed by atoms with Crippen LogP contribution in [-0.4, -0.2) is 18.1 Å². The van der Waals surface area contributed by atoms with Crippen LogP contribution in [0.2, 0.25) is 0 Å². The largest absolute Gasteiger partial charge is 0.488 e. The second-order valence-corrected chi connectivity index (χ2v) is 5.77. The van der Waals surface area contributed by atoms with Gasteiger partial charge in [-0.25, -0.2) is 0 Å². The molecule has 0 saturated heterocycles. The first-order valence-electron chi connectivity index (χ1n) is 7.71. The van der Waals surface area contributed by atoms with E-state index in [0.717, 1.165) is 22.6 Å². The van der Waals surface area contributed by atoms with E-state index in [1.54, 1.807) is 11.9 Å². The maximum atomic E-state index is 12.9. The maximum absolute atomic E-state index is 12.9. The number of benzene rings is 2. The summed E-state index contributed by atoms with van der Waals surface area (Å²) in [4.78, 5) is 14.5. The van der Waals surface area contributed by atoms with Crippen LogP contribution in [0.25, 0.3) is 11.3 Å². The zero-order valence-corrected chi connectivity index (χ0v) is 13.4. The zero-order chi connectivity index (χ0) is 16.7. The molecule has 0 saturated carbocycles. The molecular formula is C19H16N2O3. The van der Waals surface area contributed by atoms with Crippen LogP contribution in [0.4, 0.5) is 5.69 Å². The molecule has 0 atom stereocenters. The number of hydrogen-bond acceptors (Lipinski definition) is 4. The highest BCUT2D eigenvalue weighted by molar-refractivity contribution is 6.06. The fraction of sp³-hybridized carbons (Fsp3) is 0.158. The first kappa shape index (κ1) is 14.5. The van der Waals surface area contributed by atoms with E-state index in [-0.39, 0.29) is 12.5 Å². The van der Waals surface area contributed by atoms with E-state index in [1.807, 2.05) is 55.5 Å². The molecule has 0 unspecified atom stereocenters. The van der Waals surface area contributed by atoms with Crippen molar-refractivity contribution in [2.75, 3.05) is 11.9 Å². The Hall–Kier alpha value is -3.08. The number of fused-ring (bicyclic) bond motifs is 3. The molecule has 5 nitrogen and oxygen atoms in total. The van der Waals surface area contributed by atoms with E-state index in [4.69, 9.17) is 9.26 Å². The molecule has 2 heterocycles. The number of hydrogen-bond donors (Lipinski definition) is 0. The third-order valence-corrected chi connectivity index (χ3v) is 4.28. The summed E-state index contributed by atoms with van der Waals surface area (Å²) >= 11 is 0. The van der Waals surface area contributed by atoms with Crippen LogP contribution < -0.4 is 9.64 Å². The van der Waals surface area contributed by atoms with Gasteiger partial charge in [-0.1, -0.05) is 35.5 Å². The van der Waals surface area contributed by atoms with E-state index >= 15 is 0 Å². The molecule has 0 bridgehead atoms. The molecular weight excluding hydrogens is 304 g/mol. The molecule has 0 spiro atoms. The van der Waals surface area contributed by atoms with Gasteiger partial charge in [0.25, 0.3) is 5.91 Å². The molecule has 3 aromatic rings. The lowest BCUT2D eigenvalue weighted by atomic mass is 10.0. The lowest BCUT2D eigenvalue weighted by Crippen LogP contribution is -2.28. The molecule has 1 aliphatic heterocycles. The molecule has 1 amide bonds. The van der Waals surface area contributed by atoms with Gasteiger partial charge >= 0.3 is 0 Å². The summed E-state index contributed by atoms with van der Waals surface area (Å²) in [5.74, 6) is 1.14. The summed E-state index contributed by atoms with van der Waals surface area (Å²) in [5.41, 5.74) is 3.68. The minimum atomic E-state index is -0.211. The smallest absolute Gasteiger partial charge is 0.280 e. The third-order valence-electron chi connectivity index (χ3n) is 4.28. The number of amides is 1. The van der Waals surface area contributed by atoms with Crippen molar-refractivity contribution in [2.45, 2.75) is 13.5 Å². The third kappa shape index (κ3) is 2.17. The number of anilines is 1. The molecule has 120 valence electrons. The van der Waals surface area contributed by atoms with E-state index in [1.165, 1.54) is 0 Å². The Balaban J connectivity index is 1.74. The molecule has 0 aliphatic carbocycles. The molecule has 2 aromatic carbocycles. The second-order valence-electron chi connectivity index (χ2n) is 5.77. The lowest BCUT2D eigenvalue weighted by molar-refractivity contribution is 0.0982. The highest BCUT2D eigenvalue weighted by Crippen LogP contribution is 2.39. The van der Waals surface area contributed by atoms with Crippen LogP contribution >= 0.6 is 0 Å². The Morgan fingerprint density at radius 1 is 1.12 bits per heavy atom. The summed E-state index contributed by atoms with van der Waals surface area (Å²) in [6, 6.07) is 15.3. The van der Waals surface area contributed by atoms with Gasteiger partial charge in [0.2, 0.25) is 0 Å². The summed E-state index contributed by atoms with van der Waals surface area (Å²) in [7, 11) is 1.74. The highest BCUT2D eigenvalue weighted by Gasteiger charge is 2.30. The number of carbonyl (C=O) groups excluding carboxylic acids is 1. The SMILES string of the molecule is Cc1ccccc1N(C)C(=O)c1noc2c1COc1ccccc1-2. The van der Waals surface area contributed by atoms with Gasteiger partial charge in [0.15, 0.2) is 11.5 Å². The van der Waals surface area contributed by atoms with Crippen LogP contribution in [0.15, 0.2) is 53.1 Å². The normalized spacial score (nSPS) is 12.1. The van der Waals surface area contributed by atoms with Crippen molar-refractivity contribution < 1.29 is 14.1 Å². The van der Waals surface area contributed by atoms with Gasteiger partial charge in [0.1, 0.15) is 12.4 Å². The highest BCUT2D eigenvalue weighted by atomic mass is 16.5. The molecule has 24 heavy (non-hydrogen) atoms. The van der Waals surface area contributed by atoms with Crippen molar-refractivity contribution in [1.82, 2.24) is 5.16 Å².